The third-order valence-electron chi connectivity index (χ3n) is 4.74. The molecule has 0 saturated carbocycles. The molecular weight excluding hydrogens is 330 g/mol. The van der Waals surface area contributed by atoms with E-state index in [1.54, 1.807) is 11.8 Å². The third-order valence-corrected chi connectivity index (χ3v) is 5.87. The number of nitrogens with two attached hydrogens (primary N) is 1. The van der Waals surface area contributed by atoms with Gasteiger partial charge in [-0.05, 0) is 6.42 Å². The van der Waals surface area contributed by atoms with Crippen LogP contribution in [0.1, 0.15) is 122 Å². The van der Waals surface area contributed by atoms with E-state index in [4.69, 9.17) is 18.0 Å². The maximum absolute atomic E-state index is 5.46. The fraction of sp³-hybridized carbons (Fsp3) is 0.952. The standard InChI is InChI=1S/C21H43NS2/c1-2-3-4-5-6-7-8-9-10-11-12-13-14-15-16-17-18-19-20-24-21(22)23/h2-20H2,1H3,(H2,22,23). The van der Waals surface area contributed by atoms with E-state index in [1.165, 1.54) is 116 Å². The summed E-state index contributed by atoms with van der Waals surface area (Å²) in [4.78, 5) is 0. The van der Waals surface area contributed by atoms with Gasteiger partial charge < -0.3 is 5.73 Å². The van der Waals surface area contributed by atoms with Crippen molar-refractivity contribution in [1.82, 2.24) is 0 Å². The summed E-state index contributed by atoms with van der Waals surface area (Å²) < 4.78 is 0.599. The highest BCUT2D eigenvalue weighted by Crippen LogP contribution is 2.14. The van der Waals surface area contributed by atoms with E-state index in [0.29, 0.717) is 4.32 Å². The highest BCUT2D eigenvalue weighted by molar-refractivity contribution is 8.22. The quantitative estimate of drug-likeness (QED) is 0.183. The van der Waals surface area contributed by atoms with Gasteiger partial charge in [-0.3, -0.25) is 0 Å². The highest BCUT2D eigenvalue weighted by Gasteiger charge is 1.95. The Morgan fingerprint density at radius 3 is 1.17 bits per heavy atom. The van der Waals surface area contributed by atoms with Gasteiger partial charge in [0.2, 0.25) is 0 Å². The molecule has 0 aliphatic heterocycles. The minimum atomic E-state index is 0.599. The fourth-order valence-electron chi connectivity index (χ4n) is 3.18. The molecule has 3 heteroatoms. The number of hydrogen-bond donors (Lipinski definition) is 1. The minimum absolute atomic E-state index is 0.599. The van der Waals surface area contributed by atoms with Gasteiger partial charge in [-0.2, -0.15) is 0 Å². The molecule has 1 nitrogen and oxygen atoms in total. The second-order valence-corrected chi connectivity index (χ2v) is 9.01. The molecule has 0 spiro atoms. The van der Waals surface area contributed by atoms with Gasteiger partial charge in [0.15, 0.2) is 0 Å². The van der Waals surface area contributed by atoms with Crippen LogP contribution in [-0.4, -0.2) is 10.1 Å². The Morgan fingerprint density at radius 1 is 0.583 bits per heavy atom. The van der Waals surface area contributed by atoms with Crippen LogP contribution in [0, 0.1) is 0 Å². The number of thiocarbonyl (C=S) groups is 1. The molecule has 0 heterocycles. The summed E-state index contributed by atoms with van der Waals surface area (Å²) in [5.41, 5.74) is 5.46. The maximum Gasteiger partial charge on any atom is 0.131 e. The number of rotatable bonds is 19. The zero-order chi connectivity index (χ0) is 17.7. The van der Waals surface area contributed by atoms with Crippen molar-refractivity contribution in [3.8, 4) is 0 Å². The van der Waals surface area contributed by atoms with E-state index in [1.807, 2.05) is 0 Å². The largest absolute Gasteiger partial charge is 0.385 e. The van der Waals surface area contributed by atoms with E-state index in [9.17, 15) is 0 Å². The molecule has 24 heavy (non-hydrogen) atoms. The van der Waals surface area contributed by atoms with Crippen LogP contribution in [0.3, 0.4) is 0 Å². The molecule has 0 aromatic heterocycles. The molecule has 0 saturated heterocycles. The summed E-state index contributed by atoms with van der Waals surface area (Å²) in [7, 11) is 0. The van der Waals surface area contributed by atoms with E-state index in [-0.39, 0.29) is 0 Å². The summed E-state index contributed by atoms with van der Waals surface area (Å²) in [6.07, 6.45) is 25.7. The molecule has 0 aromatic carbocycles. The lowest BCUT2D eigenvalue weighted by Gasteiger charge is -2.04. The fourth-order valence-corrected chi connectivity index (χ4v) is 3.98. The van der Waals surface area contributed by atoms with Crippen LogP contribution in [0.2, 0.25) is 0 Å². The minimum Gasteiger partial charge on any atom is -0.385 e. The molecule has 0 aliphatic rings. The zero-order valence-electron chi connectivity index (χ0n) is 16.3. The normalized spacial score (nSPS) is 11.0. The van der Waals surface area contributed by atoms with Gasteiger partial charge in [-0.25, -0.2) is 0 Å². The van der Waals surface area contributed by atoms with Crippen molar-refractivity contribution in [3.05, 3.63) is 0 Å². The van der Waals surface area contributed by atoms with Crippen LogP contribution in [0.25, 0.3) is 0 Å². The van der Waals surface area contributed by atoms with Crippen LogP contribution in [0.4, 0.5) is 0 Å². The first-order valence-electron chi connectivity index (χ1n) is 10.7. The van der Waals surface area contributed by atoms with Crippen LogP contribution in [0.5, 0.6) is 0 Å². The first-order chi connectivity index (χ1) is 11.8. The summed E-state index contributed by atoms with van der Waals surface area (Å²) >= 11 is 6.48. The second-order valence-electron chi connectivity index (χ2n) is 7.18. The monoisotopic (exact) mass is 373 g/mol. The Morgan fingerprint density at radius 2 is 0.875 bits per heavy atom. The van der Waals surface area contributed by atoms with E-state index >= 15 is 0 Å². The summed E-state index contributed by atoms with van der Waals surface area (Å²) in [5, 5.41) is 0. The lowest BCUT2D eigenvalue weighted by molar-refractivity contribution is 0.527. The number of hydrogen-bond acceptors (Lipinski definition) is 2. The number of thioether (sulfide) groups is 1. The summed E-state index contributed by atoms with van der Waals surface area (Å²) in [6.45, 7) is 2.29. The van der Waals surface area contributed by atoms with Crippen LogP contribution < -0.4 is 5.73 Å². The topological polar surface area (TPSA) is 26.0 Å². The molecule has 0 atom stereocenters. The molecule has 0 radical (unpaired) electrons. The molecule has 0 bridgehead atoms. The lowest BCUT2D eigenvalue weighted by Crippen LogP contribution is -2.02. The maximum atomic E-state index is 5.46. The van der Waals surface area contributed by atoms with Gasteiger partial charge >= 0.3 is 0 Å². The molecule has 0 unspecified atom stereocenters. The summed E-state index contributed by atoms with van der Waals surface area (Å²) in [5.74, 6) is 1.11. The average Bonchev–Trinajstić information content (AvgIpc) is 2.56. The molecule has 0 amide bonds. The van der Waals surface area contributed by atoms with Crippen molar-refractivity contribution in [2.45, 2.75) is 122 Å². The van der Waals surface area contributed by atoms with Gasteiger partial charge in [-0.15, -0.1) is 0 Å². The van der Waals surface area contributed by atoms with Crippen molar-refractivity contribution < 1.29 is 0 Å². The van der Waals surface area contributed by atoms with Crippen LogP contribution in [0.15, 0.2) is 0 Å². The Kier molecular flexibility index (Phi) is 21.5. The Labute approximate surface area is 162 Å². The van der Waals surface area contributed by atoms with Crippen molar-refractivity contribution in [1.29, 1.82) is 0 Å². The van der Waals surface area contributed by atoms with Gasteiger partial charge in [0.1, 0.15) is 4.32 Å². The molecule has 0 rings (SSSR count). The SMILES string of the molecule is CCCCCCCCCCCCCCCCCCCCSC(N)=S. The predicted octanol–water partition coefficient (Wildman–Crippen LogP) is 8.00. The molecule has 0 aliphatic carbocycles. The van der Waals surface area contributed by atoms with Crippen molar-refractivity contribution >= 4 is 28.3 Å². The molecule has 0 fully saturated rings. The zero-order valence-corrected chi connectivity index (χ0v) is 18.0. The van der Waals surface area contributed by atoms with E-state index in [2.05, 4.69) is 6.92 Å². The predicted molar refractivity (Wildman–Crippen MR) is 118 cm³/mol. The van der Waals surface area contributed by atoms with Gasteiger partial charge in [0.05, 0.1) is 0 Å². The van der Waals surface area contributed by atoms with Crippen molar-refractivity contribution in [3.63, 3.8) is 0 Å². The van der Waals surface area contributed by atoms with Gasteiger partial charge in [-0.1, -0.05) is 140 Å². The smallest absolute Gasteiger partial charge is 0.131 e. The number of unbranched alkanes of at least 4 members (excludes halogenated alkanes) is 17. The van der Waals surface area contributed by atoms with E-state index in [0.717, 1.165) is 5.75 Å². The van der Waals surface area contributed by atoms with E-state index < -0.39 is 0 Å². The van der Waals surface area contributed by atoms with Gasteiger partial charge in [0.25, 0.3) is 0 Å². The Hall–Kier alpha value is 0.240. The molecule has 144 valence electrons. The Bertz CT molecular complexity index is 256. The average molecular weight is 374 g/mol. The van der Waals surface area contributed by atoms with Gasteiger partial charge in [0, 0.05) is 5.75 Å². The lowest BCUT2D eigenvalue weighted by atomic mass is 10.0. The molecule has 2 N–H and O–H groups in total. The van der Waals surface area contributed by atoms with Crippen molar-refractivity contribution in [2.24, 2.45) is 5.73 Å². The first-order valence-corrected chi connectivity index (χ1v) is 12.1. The Balaban J connectivity index is 2.97. The first kappa shape index (κ1) is 24.2. The van der Waals surface area contributed by atoms with Crippen molar-refractivity contribution in [2.75, 3.05) is 5.75 Å². The van der Waals surface area contributed by atoms with Crippen LogP contribution in [-0.2, 0) is 0 Å². The molecule has 0 aromatic rings. The second kappa shape index (κ2) is 21.3. The third kappa shape index (κ3) is 22.2. The highest BCUT2D eigenvalue weighted by atomic mass is 32.2. The van der Waals surface area contributed by atoms with Crippen LogP contribution >= 0.6 is 24.0 Å². The molecular formula is C21H43NS2. The summed E-state index contributed by atoms with van der Waals surface area (Å²) in [6, 6.07) is 0.